The molecule has 0 radical (unpaired) electrons. The predicted molar refractivity (Wildman–Crippen MR) is 127 cm³/mol. The first-order valence-corrected chi connectivity index (χ1v) is 11.3. The van der Waals surface area contributed by atoms with Crippen LogP contribution < -0.4 is 10.1 Å². The van der Waals surface area contributed by atoms with Gasteiger partial charge in [-0.25, -0.2) is 9.59 Å². The lowest BCUT2D eigenvalue weighted by atomic mass is 10.1. The Bertz CT molecular complexity index is 1110. The smallest absolute Gasteiger partial charge is 0.410 e. The zero-order valence-corrected chi connectivity index (χ0v) is 19.7. The zero-order valence-electron chi connectivity index (χ0n) is 19.7. The molecular formula is C26H31N3O4. The van der Waals surface area contributed by atoms with Crippen LogP contribution in [0, 0.1) is 11.8 Å². The molecule has 1 aliphatic carbocycles. The predicted octanol–water partition coefficient (Wildman–Crippen LogP) is 3.99. The molecule has 1 saturated heterocycles. The number of carbonyl (C=O) groups is 2. The quantitative estimate of drug-likeness (QED) is 0.704. The fraction of sp³-hybridized carbons (Fsp3) is 0.462. The van der Waals surface area contributed by atoms with Crippen molar-refractivity contribution in [3.63, 3.8) is 0 Å². The molecule has 1 heterocycles. The van der Waals surface area contributed by atoms with Gasteiger partial charge in [-0.05, 0) is 68.7 Å². The molecule has 0 aromatic heterocycles. The minimum Gasteiger partial charge on any atom is -0.497 e. The number of amides is 3. The van der Waals surface area contributed by atoms with Crippen LogP contribution in [0.15, 0.2) is 36.4 Å². The molecule has 2 aliphatic rings. The summed E-state index contributed by atoms with van der Waals surface area (Å²) in [5, 5.41) is 5.30. The summed E-state index contributed by atoms with van der Waals surface area (Å²) in [6.07, 6.45) is 1.35. The van der Waals surface area contributed by atoms with Gasteiger partial charge in [0.1, 0.15) is 16.9 Å². The van der Waals surface area contributed by atoms with Crippen molar-refractivity contribution >= 4 is 22.9 Å². The van der Waals surface area contributed by atoms with Gasteiger partial charge in [0.2, 0.25) is 0 Å². The molecule has 0 atom stereocenters. The Hall–Kier alpha value is -3.40. The lowest BCUT2D eigenvalue weighted by Crippen LogP contribution is -2.55. The molecule has 0 spiro atoms. The third-order valence-corrected chi connectivity index (χ3v) is 5.81. The van der Waals surface area contributed by atoms with Crippen LogP contribution in [-0.2, 0) is 4.74 Å². The number of carbonyl (C=O) groups excluding carboxylic acids is 2. The highest BCUT2D eigenvalue weighted by atomic mass is 16.6. The summed E-state index contributed by atoms with van der Waals surface area (Å²) in [5.74, 6) is 7.34. The number of hydrogen-bond donors (Lipinski definition) is 1. The molecule has 174 valence electrons. The zero-order chi connectivity index (χ0) is 23.6. The second-order valence-corrected chi connectivity index (χ2v) is 9.64. The second kappa shape index (κ2) is 8.86. The van der Waals surface area contributed by atoms with E-state index in [-0.39, 0.29) is 12.1 Å². The first-order valence-electron chi connectivity index (χ1n) is 11.3. The molecule has 1 N–H and O–H groups in total. The van der Waals surface area contributed by atoms with Crippen molar-refractivity contribution in [1.82, 2.24) is 15.1 Å². The van der Waals surface area contributed by atoms with E-state index in [1.807, 2.05) is 51.1 Å². The van der Waals surface area contributed by atoms with Gasteiger partial charge >= 0.3 is 12.1 Å². The molecule has 33 heavy (non-hydrogen) atoms. The molecular weight excluding hydrogens is 418 g/mol. The van der Waals surface area contributed by atoms with Gasteiger partial charge in [0.15, 0.2) is 0 Å². The van der Waals surface area contributed by atoms with Gasteiger partial charge < -0.3 is 24.6 Å². The molecule has 2 fully saturated rings. The molecule has 4 rings (SSSR count). The van der Waals surface area contributed by atoms with Gasteiger partial charge in [-0.3, -0.25) is 0 Å². The molecule has 3 amide bonds. The summed E-state index contributed by atoms with van der Waals surface area (Å²) in [4.78, 5) is 28.4. The number of ether oxygens (including phenoxy) is 2. The summed E-state index contributed by atoms with van der Waals surface area (Å²) >= 11 is 0. The Balaban J connectivity index is 1.34. The summed E-state index contributed by atoms with van der Waals surface area (Å²) in [5.41, 5.74) is -0.0754. The average Bonchev–Trinajstić information content (AvgIpc) is 3.55. The third kappa shape index (κ3) is 5.70. The van der Waals surface area contributed by atoms with Crippen LogP contribution in [0.5, 0.6) is 5.75 Å². The standard InChI is InChI=1S/C26H31N3O4/c1-25(2,3)33-24(31)29-15-13-28(14-16-29)23(30)27-26(11-12-26)10-9-19-5-6-21-18-22(32-4)8-7-20(21)17-19/h5-8,17-18H,11-16H2,1-4H3,(H,27,30). The first kappa shape index (κ1) is 22.8. The Morgan fingerprint density at radius 2 is 1.61 bits per heavy atom. The number of fused-ring (bicyclic) bond motifs is 1. The highest BCUT2D eigenvalue weighted by molar-refractivity contribution is 5.85. The van der Waals surface area contributed by atoms with Crippen molar-refractivity contribution in [3.8, 4) is 17.6 Å². The van der Waals surface area contributed by atoms with Crippen molar-refractivity contribution in [2.75, 3.05) is 33.3 Å². The number of benzene rings is 2. The van der Waals surface area contributed by atoms with Crippen molar-refractivity contribution in [2.45, 2.75) is 44.8 Å². The SMILES string of the molecule is COc1ccc2cc(C#CC3(NC(=O)N4CCN(C(=O)OC(C)(C)C)CC4)CC3)ccc2c1. The van der Waals surface area contributed by atoms with Crippen molar-refractivity contribution in [3.05, 3.63) is 42.0 Å². The van der Waals surface area contributed by atoms with Crippen LogP contribution in [0.1, 0.15) is 39.2 Å². The number of piperazine rings is 1. The van der Waals surface area contributed by atoms with Gasteiger partial charge in [-0.15, -0.1) is 0 Å². The summed E-state index contributed by atoms with van der Waals surface area (Å²) in [6.45, 7) is 7.41. The normalized spacial score (nSPS) is 17.1. The van der Waals surface area contributed by atoms with E-state index in [1.165, 1.54) is 0 Å². The third-order valence-electron chi connectivity index (χ3n) is 5.81. The lowest BCUT2D eigenvalue weighted by molar-refractivity contribution is 0.0169. The fourth-order valence-corrected chi connectivity index (χ4v) is 3.73. The monoisotopic (exact) mass is 449 g/mol. The molecule has 2 aromatic rings. The molecule has 0 bridgehead atoms. The number of rotatable bonds is 2. The van der Waals surface area contributed by atoms with Crippen molar-refractivity contribution in [2.24, 2.45) is 0 Å². The van der Waals surface area contributed by atoms with Crippen molar-refractivity contribution in [1.29, 1.82) is 0 Å². The Kier molecular flexibility index (Phi) is 6.11. The highest BCUT2D eigenvalue weighted by Gasteiger charge is 2.44. The van der Waals surface area contributed by atoms with E-state index in [0.717, 1.165) is 34.9 Å². The largest absolute Gasteiger partial charge is 0.497 e. The van der Waals surface area contributed by atoms with Crippen LogP contribution in [0.3, 0.4) is 0 Å². The van der Waals surface area contributed by atoms with Crippen LogP contribution in [0.2, 0.25) is 0 Å². The average molecular weight is 450 g/mol. The van der Waals surface area contributed by atoms with Gasteiger partial charge in [-0.1, -0.05) is 24.0 Å². The molecule has 7 heteroatoms. The summed E-state index contributed by atoms with van der Waals surface area (Å²) in [6, 6.07) is 11.9. The van der Waals surface area contributed by atoms with E-state index in [0.29, 0.717) is 26.2 Å². The van der Waals surface area contributed by atoms with E-state index in [2.05, 4.69) is 23.2 Å². The minimum atomic E-state index is -0.527. The molecule has 0 unspecified atom stereocenters. The van der Waals surface area contributed by atoms with Gasteiger partial charge in [0.05, 0.1) is 7.11 Å². The molecule has 1 aliphatic heterocycles. The summed E-state index contributed by atoms with van der Waals surface area (Å²) in [7, 11) is 1.66. The maximum Gasteiger partial charge on any atom is 0.410 e. The molecule has 1 saturated carbocycles. The maximum absolute atomic E-state index is 12.8. The van der Waals surface area contributed by atoms with Crippen molar-refractivity contribution < 1.29 is 19.1 Å². The first-order chi connectivity index (χ1) is 15.7. The Labute approximate surface area is 195 Å². The van der Waals surface area contributed by atoms with E-state index in [1.54, 1.807) is 16.9 Å². The Morgan fingerprint density at radius 1 is 0.970 bits per heavy atom. The second-order valence-electron chi connectivity index (χ2n) is 9.64. The summed E-state index contributed by atoms with van der Waals surface area (Å²) < 4.78 is 10.7. The number of methoxy groups -OCH3 is 1. The molecule has 2 aromatic carbocycles. The Morgan fingerprint density at radius 3 is 2.24 bits per heavy atom. The van der Waals surface area contributed by atoms with E-state index in [9.17, 15) is 9.59 Å². The van der Waals surface area contributed by atoms with E-state index < -0.39 is 11.1 Å². The number of nitrogens with zero attached hydrogens (tertiary/aromatic N) is 2. The topological polar surface area (TPSA) is 71.1 Å². The van der Waals surface area contributed by atoms with E-state index >= 15 is 0 Å². The van der Waals surface area contributed by atoms with Crippen LogP contribution in [0.25, 0.3) is 10.8 Å². The van der Waals surface area contributed by atoms with Crippen LogP contribution in [0.4, 0.5) is 9.59 Å². The van der Waals surface area contributed by atoms with Gasteiger partial charge in [0.25, 0.3) is 0 Å². The van der Waals surface area contributed by atoms with Gasteiger partial charge in [0, 0.05) is 31.7 Å². The van der Waals surface area contributed by atoms with E-state index in [4.69, 9.17) is 9.47 Å². The minimum absolute atomic E-state index is 0.128. The number of nitrogens with one attached hydrogen (secondary N) is 1. The number of urea groups is 1. The lowest BCUT2D eigenvalue weighted by Gasteiger charge is -2.36. The highest BCUT2D eigenvalue weighted by Crippen LogP contribution is 2.35. The van der Waals surface area contributed by atoms with Crippen LogP contribution in [-0.4, -0.2) is 66.4 Å². The molecule has 7 nitrogen and oxygen atoms in total. The van der Waals surface area contributed by atoms with Crippen LogP contribution >= 0.6 is 0 Å². The number of hydrogen-bond acceptors (Lipinski definition) is 4. The van der Waals surface area contributed by atoms with Gasteiger partial charge in [-0.2, -0.15) is 0 Å². The fourth-order valence-electron chi connectivity index (χ4n) is 3.73. The maximum atomic E-state index is 12.8.